The minimum atomic E-state index is 0.371. The van der Waals surface area contributed by atoms with Crippen LogP contribution < -0.4 is 0 Å². The molecule has 0 amide bonds. The van der Waals surface area contributed by atoms with E-state index < -0.39 is 0 Å². The average Bonchev–Trinajstić information content (AvgIpc) is 2.73. The number of Topliss-reactive ketones (excluding diaryl/α,β-unsaturated/α-hetero) is 1. The van der Waals surface area contributed by atoms with Gasteiger partial charge in [0.05, 0.1) is 12.2 Å². The number of nitrogens with zero attached hydrogens (tertiary/aromatic N) is 2. The Bertz CT molecular complexity index is 402. The van der Waals surface area contributed by atoms with E-state index in [0.29, 0.717) is 24.7 Å². The number of carbonyl (C=O) groups is 1. The Hall–Kier alpha value is -1.12. The van der Waals surface area contributed by atoms with Crippen LogP contribution in [0.15, 0.2) is 6.20 Å². The Balaban J connectivity index is 1.87. The summed E-state index contributed by atoms with van der Waals surface area (Å²) in [7, 11) is 0. The maximum Gasteiger partial charge on any atom is 0.137 e. The van der Waals surface area contributed by atoms with Crippen LogP contribution in [0.4, 0.5) is 0 Å². The highest BCUT2D eigenvalue weighted by atomic mass is 16.1. The zero-order valence-electron chi connectivity index (χ0n) is 9.61. The Morgan fingerprint density at radius 3 is 2.81 bits per heavy atom. The van der Waals surface area contributed by atoms with Gasteiger partial charge in [-0.1, -0.05) is 19.3 Å². The maximum absolute atomic E-state index is 11.4. The van der Waals surface area contributed by atoms with Crippen LogP contribution in [-0.2, 0) is 17.6 Å². The molecule has 2 aliphatic carbocycles. The molecule has 3 rings (SSSR count). The van der Waals surface area contributed by atoms with E-state index in [1.807, 2.05) is 6.20 Å². The lowest BCUT2D eigenvalue weighted by atomic mass is 9.93. The predicted molar refractivity (Wildman–Crippen MR) is 61.4 cm³/mol. The molecule has 1 aromatic heterocycles. The van der Waals surface area contributed by atoms with Crippen molar-refractivity contribution in [3.8, 4) is 0 Å². The molecule has 2 aliphatic rings. The van der Waals surface area contributed by atoms with Crippen molar-refractivity contribution < 1.29 is 4.79 Å². The molecule has 1 aromatic rings. The number of hydrogen-bond acceptors (Lipinski definition) is 2. The molecule has 0 aromatic carbocycles. The maximum atomic E-state index is 11.4. The SMILES string of the molecule is O=C1CCc2c(cnn2C2CCCCC2)C1. The van der Waals surface area contributed by atoms with Crippen LogP contribution in [-0.4, -0.2) is 15.6 Å². The van der Waals surface area contributed by atoms with E-state index in [1.54, 1.807) is 0 Å². The van der Waals surface area contributed by atoms with Gasteiger partial charge >= 0.3 is 0 Å². The molecule has 0 radical (unpaired) electrons. The molecule has 0 bridgehead atoms. The van der Waals surface area contributed by atoms with Crippen molar-refractivity contribution in [2.45, 2.75) is 57.4 Å². The fourth-order valence-corrected chi connectivity index (χ4v) is 3.04. The van der Waals surface area contributed by atoms with Crippen LogP contribution in [0.1, 0.15) is 55.8 Å². The third-order valence-corrected chi connectivity index (χ3v) is 3.93. The first-order valence-electron chi connectivity index (χ1n) is 6.41. The highest BCUT2D eigenvalue weighted by molar-refractivity contribution is 5.82. The van der Waals surface area contributed by atoms with Gasteiger partial charge in [-0.05, 0) is 19.3 Å². The van der Waals surface area contributed by atoms with E-state index in [9.17, 15) is 4.79 Å². The van der Waals surface area contributed by atoms with Gasteiger partial charge < -0.3 is 0 Å². The van der Waals surface area contributed by atoms with Gasteiger partial charge in [-0.25, -0.2) is 0 Å². The second-order valence-corrected chi connectivity index (χ2v) is 5.07. The zero-order valence-corrected chi connectivity index (χ0v) is 9.61. The minimum Gasteiger partial charge on any atom is -0.299 e. The Morgan fingerprint density at radius 2 is 2.00 bits per heavy atom. The lowest BCUT2D eigenvalue weighted by Crippen LogP contribution is -2.20. The molecule has 3 nitrogen and oxygen atoms in total. The van der Waals surface area contributed by atoms with E-state index in [-0.39, 0.29) is 0 Å². The van der Waals surface area contributed by atoms with Gasteiger partial charge in [0.1, 0.15) is 5.78 Å². The highest BCUT2D eigenvalue weighted by Gasteiger charge is 2.24. The fraction of sp³-hybridized carbons (Fsp3) is 0.692. The Kier molecular flexibility index (Phi) is 2.54. The first-order chi connectivity index (χ1) is 7.84. The lowest BCUT2D eigenvalue weighted by molar-refractivity contribution is -0.118. The summed E-state index contributed by atoms with van der Waals surface area (Å²) < 4.78 is 2.22. The third kappa shape index (κ3) is 1.68. The summed E-state index contributed by atoms with van der Waals surface area (Å²) in [4.78, 5) is 11.4. The van der Waals surface area contributed by atoms with Crippen LogP contribution in [0, 0.1) is 0 Å². The summed E-state index contributed by atoms with van der Waals surface area (Å²) in [5.41, 5.74) is 2.52. The van der Waals surface area contributed by atoms with E-state index in [1.165, 1.54) is 43.4 Å². The Labute approximate surface area is 95.8 Å². The van der Waals surface area contributed by atoms with E-state index in [4.69, 9.17) is 0 Å². The number of hydrogen-bond donors (Lipinski definition) is 0. The summed E-state index contributed by atoms with van der Waals surface area (Å²) in [6.07, 6.45) is 10.7. The molecule has 86 valence electrons. The van der Waals surface area contributed by atoms with E-state index >= 15 is 0 Å². The quantitative estimate of drug-likeness (QED) is 0.725. The van der Waals surface area contributed by atoms with Crippen LogP contribution >= 0.6 is 0 Å². The van der Waals surface area contributed by atoms with Crippen molar-refractivity contribution in [2.24, 2.45) is 0 Å². The van der Waals surface area contributed by atoms with Crippen molar-refractivity contribution in [2.75, 3.05) is 0 Å². The molecule has 1 heterocycles. The summed E-state index contributed by atoms with van der Waals surface area (Å²) in [6.45, 7) is 0. The predicted octanol–water partition coefficient (Wildman–Crippen LogP) is 2.45. The minimum absolute atomic E-state index is 0.371. The molecule has 0 unspecified atom stereocenters. The van der Waals surface area contributed by atoms with Crippen molar-refractivity contribution in [1.29, 1.82) is 0 Å². The number of carbonyl (C=O) groups excluding carboxylic acids is 1. The topological polar surface area (TPSA) is 34.9 Å². The Morgan fingerprint density at radius 1 is 1.19 bits per heavy atom. The number of aromatic nitrogens is 2. The van der Waals surface area contributed by atoms with Crippen molar-refractivity contribution in [1.82, 2.24) is 9.78 Å². The van der Waals surface area contributed by atoms with E-state index in [0.717, 1.165) is 6.42 Å². The normalized spacial score (nSPS) is 22.1. The molecule has 0 aliphatic heterocycles. The van der Waals surface area contributed by atoms with Crippen molar-refractivity contribution in [3.05, 3.63) is 17.5 Å². The molecule has 0 N–H and O–H groups in total. The number of rotatable bonds is 1. The zero-order chi connectivity index (χ0) is 11.0. The second-order valence-electron chi connectivity index (χ2n) is 5.07. The first kappa shape index (κ1) is 10.1. The van der Waals surface area contributed by atoms with Crippen molar-refractivity contribution in [3.63, 3.8) is 0 Å². The van der Waals surface area contributed by atoms with E-state index in [2.05, 4.69) is 9.78 Å². The van der Waals surface area contributed by atoms with Crippen LogP contribution in [0.2, 0.25) is 0 Å². The third-order valence-electron chi connectivity index (χ3n) is 3.93. The van der Waals surface area contributed by atoms with Gasteiger partial charge in [0.15, 0.2) is 0 Å². The molecule has 0 spiro atoms. The largest absolute Gasteiger partial charge is 0.299 e. The monoisotopic (exact) mass is 218 g/mol. The molecule has 3 heteroatoms. The molecule has 0 saturated heterocycles. The fourth-order valence-electron chi connectivity index (χ4n) is 3.04. The van der Waals surface area contributed by atoms with Gasteiger partial charge in [-0.3, -0.25) is 9.48 Å². The van der Waals surface area contributed by atoms with Gasteiger partial charge in [-0.2, -0.15) is 5.10 Å². The van der Waals surface area contributed by atoms with Crippen LogP contribution in [0.5, 0.6) is 0 Å². The molecule has 16 heavy (non-hydrogen) atoms. The molecule has 1 fully saturated rings. The average molecular weight is 218 g/mol. The lowest BCUT2D eigenvalue weighted by Gasteiger charge is -2.25. The van der Waals surface area contributed by atoms with Gasteiger partial charge in [0.2, 0.25) is 0 Å². The van der Waals surface area contributed by atoms with Gasteiger partial charge in [0.25, 0.3) is 0 Å². The summed E-state index contributed by atoms with van der Waals surface area (Å²) in [5.74, 6) is 0.371. The number of fused-ring (bicyclic) bond motifs is 1. The smallest absolute Gasteiger partial charge is 0.137 e. The van der Waals surface area contributed by atoms with Crippen molar-refractivity contribution >= 4 is 5.78 Å². The highest BCUT2D eigenvalue weighted by Crippen LogP contribution is 2.31. The van der Waals surface area contributed by atoms with Gasteiger partial charge in [-0.15, -0.1) is 0 Å². The summed E-state index contributed by atoms with van der Waals surface area (Å²) in [6, 6.07) is 0.603. The summed E-state index contributed by atoms with van der Waals surface area (Å²) >= 11 is 0. The molecular formula is C13H18N2O. The first-order valence-corrected chi connectivity index (χ1v) is 6.41. The molecule has 1 saturated carbocycles. The number of ketones is 1. The van der Waals surface area contributed by atoms with Gasteiger partial charge in [0, 0.05) is 24.1 Å². The molecular weight excluding hydrogens is 200 g/mol. The second kappa shape index (κ2) is 4.04. The van der Waals surface area contributed by atoms with Crippen LogP contribution in [0.3, 0.4) is 0 Å². The summed E-state index contributed by atoms with van der Waals surface area (Å²) in [5, 5.41) is 4.52. The standard InChI is InChI=1S/C13H18N2O/c16-12-6-7-13-10(8-12)9-14-15(13)11-4-2-1-3-5-11/h9,11H,1-8H2. The molecule has 0 atom stereocenters. The van der Waals surface area contributed by atoms with Crippen LogP contribution in [0.25, 0.3) is 0 Å².